The van der Waals surface area contributed by atoms with E-state index >= 15 is 4.79 Å². The lowest BCUT2D eigenvalue weighted by Crippen LogP contribution is -2.67. The van der Waals surface area contributed by atoms with Gasteiger partial charge in [-0.15, -0.1) is 0 Å². The zero-order valence-electron chi connectivity index (χ0n) is 28.8. The van der Waals surface area contributed by atoms with Gasteiger partial charge in [0.2, 0.25) is 0 Å². The van der Waals surface area contributed by atoms with Crippen LogP contribution >= 0.6 is 0 Å². The molecule has 5 N–H and O–H groups in total. The Morgan fingerprint density at radius 3 is 2.11 bits per heavy atom. The summed E-state index contributed by atoms with van der Waals surface area (Å²) in [7, 11) is 0. The van der Waals surface area contributed by atoms with Gasteiger partial charge in [0, 0.05) is 5.56 Å². The number of phenolic OH excluding ortho intramolecular Hbond substituents is 2. The highest BCUT2D eigenvalue weighted by Gasteiger charge is 2.72. The zero-order chi connectivity index (χ0) is 35.2. The summed E-state index contributed by atoms with van der Waals surface area (Å²) < 4.78 is 0. The summed E-state index contributed by atoms with van der Waals surface area (Å²) in [5.74, 6) is -4.61. The Hall–Kier alpha value is -3.49. The number of fused-ring (bicyclic) bond motifs is 2. The average molecular weight is 637 g/mol. The highest BCUT2D eigenvalue weighted by molar-refractivity contribution is 6.35. The number of allylic oxidation sites excluding steroid dienone is 7. The lowest BCUT2D eigenvalue weighted by Gasteiger charge is -2.61. The van der Waals surface area contributed by atoms with E-state index in [9.17, 15) is 35.1 Å². The number of phenols is 2. The summed E-state index contributed by atoms with van der Waals surface area (Å²) in [5, 5.41) is 54.2. The van der Waals surface area contributed by atoms with E-state index < -0.39 is 74.0 Å². The fourth-order valence-corrected chi connectivity index (χ4v) is 7.27. The molecule has 2 aliphatic rings. The first-order valence-electron chi connectivity index (χ1n) is 16.0. The van der Waals surface area contributed by atoms with Gasteiger partial charge in [-0.3, -0.25) is 14.4 Å². The molecule has 252 valence electrons. The number of aliphatic hydroxyl groups excluding tert-OH is 2. The molecular weight excluding hydrogens is 584 g/mol. The molecule has 8 nitrogen and oxygen atoms in total. The van der Waals surface area contributed by atoms with Crippen LogP contribution < -0.4 is 0 Å². The van der Waals surface area contributed by atoms with Gasteiger partial charge in [0.25, 0.3) is 0 Å². The third kappa shape index (κ3) is 6.39. The molecule has 0 aromatic heterocycles. The lowest BCUT2D eigenvalue weighted by atomic mass is 9.39. The van der Waals surface area contributed by atoms with E-state index in [1.54, 1.807) is 19.9 Å². The molecule has 1 aromatic rings. The molecule has 0 spiro atoms. The van der Waals surface area contributed by atoms with Crippen molar-refractivity contribution in [2.75, 3.05) is 0 Å². The van der Waals surface area contributed by atoms with Gasteiger partial charge in [-0.25, -0.2) is 0 Å². The smallest absolute Gasteiger partial charge is 0.200 e. The predicted molar refractivity (Wildman–Crippen MR) is 178 cm³/mol. The Balaban J connectivity index is 2.47. The van der Waals surface area contributed by atoms with Crippen molar-refractivity contribution in [3.63, 3.8) is 0 Å². The molecule has 5 atom stereocenters. The Morgan fingerprint density at radius 2 is 1.61 bits per heavy atom. The van der Waals surface area contributed by atoms with Gasteiger partial charge in [0.15, 0.2) is 28.8 Å². The van der Waals surface area contributed by atoms with Crippen LogP contribution in [0, 0.1) is 28.1 Å². The van der Waals surface area contributed by atoms with Crippen LogP contribution in [0.4, 0.5) is 0 Å². The van der Waals surface area contributed by atoms with Crippen LogP contribution in [0.1, 0.15) is 105 Å². The Morgan fingerprint density at radius 1 is 1.02 bits per heavy atom. The fourth-order valence-electron chi connectivity index (χ4n) is 7.27. The molecule has 0 aliphatic heterocycles. The van der Waals surface area contributed by atoms with Crippen LogP contribution in [-0.2, 0) is 9.59 Å². The molecule has 8 heteroatoms. The number of hydrogen-bond acceptors (Lipinski definition) is 8. The van der Waals surface area contributed by atoms with Crippen molar-refractivity contribution in [2.24, 2.45) is 28.1 Å². The van der Waals surface area contributed by atoms with E-state index in [1.165, 1.54) is 19.9 Å². The second kappa shape index (κ2) is 13.0. The van der Waals surface area contributed by atoms with Crippen molar-refractivity contribution >= 4 is 17.3 Å². The summed E-state index contributed by atoms with van der Waals surface area (Å²) in [4.78, 5) is 44.4. The number of aromatic hydroxyl groups is 2. The summed E-state index contributed by atoms with van der Waals surface area (Å²) in [6, 6.07) is 3.42. The van der Waals surface area contributed by atoms with Crippen LogP contribution in [0.5, 0.6) is 11.5 Å². The third-order valence-corrected chi connectivity index (χ3v) is 10.5. The monoisotopic (exact) mass is 636 g/mol. The maximum Gasteiger partial charge on any atom is 0.200 e. The molecule has 0 heterocycles. The van der Waals surface area contributed by atoms with Gasteiger partial charge in [-0.1, -0.05) is 49.3 Å². The molecule has 1 unspecified atom stereocenters. The minimum Gasteiger partial charge on any atom is -0.510 e. The summed E-state index contributed by atoms with van der Waals surface area (Å²) >= 11 is 0. The van der Waals surface area contributed by atoms with E-state index in [2.05, 4.69) is 6.58 Å². The van der Waals surface area contributed by atoms with Crippen molar-refractivity contribution in [2.45, 2.75) is 106 Å². The minimum absolute atomic E-state index is 0.0257. The van der Waals surface area contributed by atoms with Crippen LogP contribution in [0.25, 0.3) is 0 Å². The van der Waals surface area contributed by atoms with Crippen molar-refractivity contribution in [3.8, 4) is 11.5 Å². The standard InChI is InChI=1S/C38H52O8/c1-21(2)11-12-25(23(5)6)19-37-20-26(18-29(41)36(9,10)46)35(7,8)38(34(37)45,16-15-22(3)4)33(44)30(32(37)43)31(42)24-13-14-27(39)28(40)17-24/h11,13-15,17,25-26,29,39-41,43,46H,5,12,16,18-20H2,1-4,6-10H3/t25-,26-,29?,37-,38+/m1/s1. The van der Waals surface area contributed by atoms with Crippen LogP contribution in [-0.4, -0.2) is 54.6 Å². The van der Waals surface area contributed by atoms with E-state index in [4.69, 9.17) is 0 Å². The number of ketones is 3. The summed E-state index contributed by atoms with van der Waals surface area (Å²) in [6.07, 6.45) is 3.25. The first-order chi connectivity index (χ1) is 21.0. The van der Waals surface area contributed by atoms with E-state index in [0.717, 1.165) is 28.9 Å². The molecule has 0 saturated heterocycles. The number of hydrogen-bond donors (Lipinski definition) is 5. The summed E-state index contributed by atoms with van der Waals surface area (Å²) in [6.45, 7) is 20.2. The molecule has 1 fully saturated rings. The van der Waals surface area contributed by atoms with Crippen LogP contribution in [0.2, 0.25) is 0 Å². The minimum atomic E-state index is -1.81. The van der Waals surface area contributed by atoms with Crippen LogP contribution in [0.15, 0.2) is 65.0 Å². The van der Waals surface area contributed by atoms with Gasteiger partial charge in [-0.05, 0) is 116 Å². The highest BCUT2D eigenvalue weighted by Crippen LogP contribution is 2.67. The maximum atomic E-state index is 15.2. The average Bonchev–Trinajstić information content (AvgIpc) is 2.93. The molecule has 1 saturated carbocycles. The van der Waals surface area contributed by atoms with Crippen molar-refractivity contribution in [1.82, 2.24) is 0 Å². The number of carbonyl (C=O) groups is 3. The van der Waals surface area contributed by atoms with Gasteiger partial charge >= 0.3 is 0 Å². The number of benzene rings is 1. The third-order valence-electron chi connectivity index (χ3n) is 10.5. The van der Waals surface area contributed by atoms with Gasteiger partial charge < -0.3 is 25.5 Å². The van der Waals surface area contributed by atoms with E-state index in [0.29, 0.717) is 6.42 Å². The molecule has 0 amide bonds. The van der Waals surface area contributed by atoms with Gasteiger partial charge in [0.05, 0.1) is 17.1 Å². The SMILES string of the molecule is C=C(C)[C@H](CC=C(C)C)C[C@@]12C[C@@H](CC(O)C(C)(C)O)C(C)(C)[C@@](CC=C(C)C)(C(=O)C(C(=O)c3ccc(O)c(O)c3)=C1O)C2=O. The van der Waals surface area contributed by atoms with Crippen molar-refractivity contribution in [3.05, 3.63) is 70.5 Å². The number of rotatable bonds is 12. The molecular formula is C38H52O8. The first-order valence-corrected chi connectivity index (χ1v) is 16.0. The van der Waals surface area contributed by atoms with Gasteiger partial charge in [-0.2, -0.15) is 0 Å². The molecule has 2 bridgehead atoms. The fraction of sp³-hybridized carbons (Fsp3) is 0.553. The number of carbonyl (C=O) groups excluding carboxylic acids is 3. The maximum absolute atomic E-state index is 15.2. The Labute approximate surface area is 273 Å². The molecule has 1 aromatic carbocycles. The lowest BCUT2D eigenvalue weighted by molar-refractivity contribution is -0.176. The van der Waals surface area contributed by atoms with Gasteiger partial charge in [0.1, 0.15) is 16.7 Å². The molecule has 46 heavy (non-hydrogen) atoms. The van der Waals surface area contributed by atoms with Crippen LogP contribution in [0.3, 0.4) is 0 Å². The summed E-state index contributed by atoms with van der Waals surface area (Å²) in [5.41, 5.74) is -4.05. The Kier molecular flexibility index (Phi) is 10.4. The molecule has 0 radical (unpaired) electrons. The number of aliphatic hydroxyl groups is 3. The predicted octanol–water partition coefficient (Wildman–Crippen LogP) is 7.08. The van der Waals surface area contributed by atoms with E-state index in [1.807, 2.05) is 40.7 Å². The topological polar surface area (TPSA) is 152 Å². The van der Waals surface area contributed by atoms with Crippen molar-refractivity contribution in [1.29, 1.82) is 0 Å². The molecule has 3 rings (SSSR count). The number of Topliss-reactive ketones (excluding diaryl/α,β-unsaturated/α-hetero) is 3. The second-order valence-corrected chi connectivity index (χ2v) is 15.2. The largest absolute Gasteiger partial charge is 0.510 e. The quantitative estimate of drug-likeness (QED) is 0.0537. The van der Waals surface area contributed by atoms with Crippen molar-refractivity contribution < 1.29 is 39.9 Å². The highest BCUT2D eigenvalue weighted by atomic mass is 16.3. The molecule has 2 aliphatic carbocycles. The second-order valence-electron chi connectivity index (χ2n) is 15.2. The Bertz CT molecular complexity index is 1510. The normalized spacial score (nSPS) is 25.5. The first kappa shape index (κ1) is 37.0. The van der Waals surface area contributed by atoms with E-state index in [-0.39, 0.29) is 37.2 Å². The zero-order valence-corrected chi connectivity index (χ0v) is 28.8.